The lowest BCUT2D eigenvalue weighted by atomic mass is 9.86. The van der Waals surface area contributed by atoms with Gasteiger partial charge in [-0.05, 0) is 30.9 Å². The van der Waals surface area contributed by atoms with Gasteiger partial charge in [-0.15, -0.1) is 0 Å². The van der Waals surface area contributed by atoms with Crippen molar-refractivity contribution in [1.29, 1.82) is 0 Å². The molecule has 1 saturated carbocycles. The van der Waals surface area contributed by atoms with E-state index >= 15 is 0 Å². The summed E-state index contributed by atoms with van der Waals surface area (Å²) in [5.41, 5.74) is 1.21. The summed E-state index contributed by atoms with van der Waals surface area (Å²) in [6, 6.07) is 4.08. The van der Waals surface area contributed by atoms with Crippen LogP contribution < -0.4 is 4.90 Å². The van der Waals surface area contributed by atoms with Gasteiger partial charge in [0.05, 0.1) is 0 Å². The predicted molar refractivity (Wildman–Crippen MR) is 84.2 cm³/mol. The van der Waals surface area contributed by atoms with E-state index in [1.165, 1.54) is 37.8 Å². The number of pyridine rings is 1. The highest BCUT2D eigenvalue weighted by atomic mass is 16.2. The monoisotopic (exact) mass is 287 g/mol. The molecule has 0 aromatic carbocycles. The van der Waals surface area contributed by atoms with Gasteiger partial charge in [0.25, 0.3) is 0 Å². The summed E-state index contributed by atoms with van der Waals surface area (Å²) in [4.78, 5) is 20.9. The molecule has 1 aliphatic heterocycles. The molecular formula is C17H25N3O. The summed E-state index contributed by atoms with van der Waals surface area (Å²) < 4.78 is 0. The third-order valence-corrected chi connectivity index (χ3v) is 4.85. The number of aromatic nitrogens is 1. The third-order valence-electron chi connectivity index (χ3n) is 4.85. The molecule has 0 bridgehead atoms. The molecule has 2 heterocycles. The van der Waals surface area contributed by atoms with E-state index in [-0.39, 0.29) is 0 Å². The summed E-state index contributed by atoms with van der Waals surface area (Å²) in [5.74, 6) is 1.01. The third kappa shape index (κ3) is 3.74. The van der Waals surface area contributed by atoms with Crippen LogP contribution in [0.3, 0.4) is 0 Å². The largest absolute Gasteiger partial charge is 0.368 e. The Labute approximate surface area is 127 Å². The topological polar surface area (TPSA) is 36.4 Å². The number of anilines is 1. The van der Waals surface area contributed by atoms with Gasteiger partial charge in [-0.2, -0.15) is 0 Å². The van der Waals surface area contributed by atoms with Crippen molar-refractivity contribution in [3.05, 3.63) is 24.5 Å². The van der Waals surface area contributed by atoms with Crippen molar-refractivity contribution in [2.24, 2.45) is 5.92 Å². The van der Waals surface area contributed by atoms with Gasteiger partial charge in [-0.1, -0.05) is 19.3 Å². The Morgan fingerprint density at radius 1 is 1.05 bits per heavy atom. The van der Waals surface area contributed by atoms with Gasteiger partial charge in [-0.3, -0.25) is 9.78 Å². The maximum Gasteiger partial charge on any atom is 0.222 e. The van der Waals surface area contributed by atoms with E-state index in [1.54, 1.807) is 0 Å². The van der Waals surface area contributed by atoms with Crippen LogP contribution in [-0.4, -0.2) is 42.0 Å². The lowest BCUT2D eigenvalue weighted by Gasteiger charge is -2.36. The van der Waals surface area contributed by atoms with Crippen molar-refractivity contribution in [3.8, 4) is 0 Å². The molecule has 4 heteroatoms. The Morgan fingerprint density at radius 3 is 2.38 bits per heavy atom. The van der Waals surface area contributed by atoms with Crippen LogP contribution in [0.5, 0.6) is 0 Å². The molecule has 4 nitrogen and oxygen atoms in total. The zero-order valence-electron chi connectivity index (χ0n) is 12.7. The number of amides is 1. The predicted octanol–water partition coefficient (Wildman–Crippen LogP) is 2.70. The Balaban J connectivity index is 1.47. The highest BCUT2D eigenvalue weighted by Crippen LogP contribution is 2.27. The Morgan fingerprint density at radius 2 is 1.71 bits per heavy atom. The molecule has 1 amide bonds. The van der Waals surface area contributed by atoms with E-state index in [9.17, 15) is 4.79 Å². The molecule has 1 aromatic heterocycles. The van der Waals surface area contributed by atoms with E-state index in [0.29, 0.717) is 11.8 Å². The van der Waals surface area contributed by atoms with Crippen LogP contribution in [0.1, 0.15) is 38.5 Å². The maximum atomic E-state index is 12.4. The second kappa shape index (κ2) is 6.92. The molecule has 2 fully saturated rings. The summed E-state index contributed by atoms with van der Waals surface area (Å²) in [6.45, 7) is 3.57. The lowest BCUT2D eigenvalue weighted by Crippen LogP contribution is -2.49. The van der Waals surface area contributed by atoms with Gasteiger partial charge in [0, 0.05) is 50.7 Å². The van der Waals surface area contributed by atoms with Crippen molar-refractivity contribution in [1.82, 2.24) is 9.88 Å². The quantitative estimate of drug-likeness (QED) is 0.857. The first-order valence-corrected chi connectivity index (χ1v) is 8.25. The van der Waals surface area contributed by atoms with Gasteiger partial charge < -0.3 is 9.80 Å². The van der Waals surface area contributed by atoms with Crippen LogP contribution in [-0.2, 0) is 4.79 Å². The summed E-state index contributed by atoms with van der Waals surface area (Å²) in [6.07, 6.45) is 10.9. The van der Waals surface area contributed by atoms with Crippen molar-refractivity contribution >= 4 is 11.6 Å². The second-order valence-corrected chi connectivity index (χ2v) is 6.28. The summed E-state index contributed by atoms with van der Waals surface area (Å²) in [7, 11) is 0. The molecule has 0 unspecified atom stereocenters. The van der Waals surface area contributed by atoms with Crippen molar-refractivity contribution in [3.63, 3.8) is 0 Å². The molecule has 0 N–H and O–H groups in total. The maximum absolute atomic E-state index is 12.4. The van der Waals surface area contributed by atoms with E-state index in [2.05, 4.69) is 14.8 Å². The second-order valence-electron chi connectivity index (χ2n) is 6.28. The van der Waals surface area contributed by atoms with Crippen LogP contribution in [0.2, 0.25) is 0 Å². The SMILES string of the molecule is O=C(CC1CCCCC1)N1CCN(c2ccncc2)CC1. The molecule has 21 heavy (non-hydrogen) atoms. The summed E-state index contributed by atoms with van der Waals surface area (Å²) in [5, 5.41) is 0. The number of piperazine rings is 1. The molecule has 1 aliphatic carbocycles. The average molecular weight is 287 g/mol. The van der Waals surface area contributed by atoms with Gasteiger partial charge in [0.1, 0.15) is 0 Å². The zero-order valence-corrected chi connectivity index (χ0v) is 12.7. The van der Waals surface area contributed by atoms with E-state index in [1.807, 2.05) is 24.5 Å². The standard InChI is InChI=1S/C17H25N3O/c21-17(14-15-4-2-1-3-5-15)20-12-10-19(11-13-20)16-6-8-18-9-7-16/h6-9,15H,1-5,10-14H2. The van der Waals surface area contributed by atoms with Gasteiger partial charge >= 0.3 is 0 Å². The number of nitrogens with zero attached hydrogens (tertiary/aromatic N) is 3. The fourth-order valence-corrected chi connectivity index (χ4v) is 3.54. The minimum absolute atomic E-state index is 0.372. The van der Waals surface area contributed by atoms with Gasteiger partial charge in [0.15, 0.2) is 0 Å². The Kier molecular flexibility index (Phi) is 4.73. The Hall–Kier alpha value is -1.58. The summed E-state index contributed by atoms with van der Waals surface area (Å²) >= 11 is 0. The van der Waals surface area contributed by atoms with Crippen molar-refractivity contribution in [2.75, 3.05) is 31.1 Å². The molecule has 3 rings (SSSR count). The normalized spacial score (nSPS) is 20.6. The average Bonchev–Trinajstić information content (AvgIpc) is 2.57. The minimum Gasteiger partial charge on any atom is -0.368 e. The fraction of sp³-hybridized carbons (Fsp3) is 0.647. The Bertz CT molecular complexity index is 448. The van der Waals surface area contributed by atoms with Crippen LogP contribution >= 0.6 is 0 Å². The first kappa shape index (κ1) is 14.4. The van der Waals surface area contributed by atoms with E-state index in [0.717, 1.165) is 32.6 Å². The van der Waals surface area contributed by atoms with Crippen molar-refractivity contribution in [2.45, 2.75) is 38.5 Å². The van der Waals surface area contributed by atoms with Crippen LogP contribution in [0.4, 0.5) is 5.69 Å². The van der Waals surface area contributed by atoms with Crippen molar-refractivity contribution < 1.29 is 4.79 Å². The molecule has 1 saturated heterocycles. The van der Waals surface area contributed by atoms with Gasteiger partial charge in [0.2, 0.25) is 5.91 Å². The smallest absolute Gasteiger partial charge is 0.222 e. The van der Waals surface area contributed by atoms with Crippen LogP contribution in [0.25, 0.3) is 0 Å². The molecule has 0 radical (unpaired) electrons. The highest BCUT2D eigenvalue weighted by Gasteiger charge is 2.24. The van der Waals surface area contributed by atoms with Crippen LogP contribution in [0.15, 0.2) is 24.5 Å². The van der Waals surface area contributed by atoms with Crippen LogP contribution in [0, 0.1) is 5.92 Å². The van der Waals surface area contributed by atoms with Gasteiger partial charge in [-0.25, -0.2) is 0 Å². The van der Waals surface area contributed by atoms with E-state index < -0.39 is 0 Å². The molecule has 114 valence electrons. The molecule has 0 spiro atoms. The lowest BCUT2D eigenvalue weighted by molar-refractivity contribution is -0.132. The number of carbonyl (C=O) groups is 1. The van der Waals surface area contributed by atoms with E-state index in [4.69, 9.17) is 0 Å². The zero-order chi connectivity index (χ0) is 14.5. The molecular weight excluding hydrogens is 262 g/mol. The highest BCUT2D eigenvalue weighted by molar-refractivity contribution is 5.76. The number of hydrogen-bond acceptors (Lipinski definition) is 3. The molecule has 0 atom stereocenters. The molecule has 2 aliphatic rings. The number of carbonyl (C=O) groups excluding carboxylic acids is 1. The first-order valence-electron chi connectivity index (χ1n) is 8.25. The fourth-order valence-electron chi connectivity index (χ4n) is 3.54. The number of rotatable bonds is 3. The first-order chi connectivity index (χ1) is 10.3. The minimum atomic E-state index is 0.372. The number of hydrogen-bond donors (Lipinski definition) is 0. The molecule has 1 aromatic rings.